The standard InChI is InChI=1S/C22H36FNO4.C2H6/c1-12-8-13(9-16-18(12)28-22(4,5)11-21(16,2)3)19(25)24-14-6-7-15(20(26)27)17(23)10-14;1-2/h12-18H,6-11H2,1-5H3,(H,24,25)(H,26,27);1-2H3. The maximum Gasteiger partial charge on any atom is 0.309 e. The molecular formula is C24H42FNO4. The van der Waals surface area contributed by atoms with Crippen molar-refractivity contribution < 1.29 is 23.8 Å². The molecule has 0 radical (unpaired) electrons. The Morgan fingerprint density at radius 2 is 1.70 bits per heavy atom. The van der Waals surface area contributed by atoms with Gasteiger partial charge in [0.05, 0.1) is 17.6 Å². The number of alkyl halides is 1. The average Bonchev–Trinajstić information content (AvgIpc) is 2.62. The predicted molar refractivity (Wildman–Crippen MR) is 116 cm³/mol. The van der Waals surface area contributed by atoms with Crippen molar-refractivity contribution in [2.45, 2.75) is 111 Å². The Bertz CT molecular complexity index is 620. The molecule has 2 aliphatic carbocycles. The molecule has 7 unspecified atom stereocenters. The van der Waals surface area contributed by atoms with Gasteiger partial charge in [0.2, 0.25) is 5.91 Å². The Hall–Kier alpha value is -1.17. The van der Waals surface area contributed by atoms with Crippen molar-refractivity contribution in [2.24, 2.45) is 29.1 Å². The first-order valence-corrected chi connectivity index (χ1v) is 11.7. The van der Waals surface area contributed by atoms with E-state index in [0.717, 1.165) is 19.3 Å². The third-order valence-electron chi connectivity index (χ3n) is 7.30. The number of carbonyl (C=O) groups excluding carboxylic acids is 1. The predicted octanol–water partition coefficient (Wildman–Crippen LogP) is 4.98. The van der Waals surface area contributed by atoms with E-state index in [-0.39, 0.29) is 47.8 Å². The van der Waals surface area contributed by atoms with Crippen molar-refractivity contribution in [1.82, 2.24) is 5.32 Å². The number of carbonyl (C=O) groups is 2. The zero-order valence-corrected chi connectivity index (χ0v) is 19.8. The molecule has 1 aliphatic heterocycles. The summed E-state index contributed by atoms with van der Waals surface area (Å²) < 4.78 is 20.6. The molecule has 1 saturated heterocycles. The molecule has 0 spiro atoms. The molecule has 3 fully saturated rings. The van der Waals surface area contributed by atoms with Crippen molar-refractivity contribution in [3.8, 4) is 0 Å². The summed E-state index contributed by atoms with van der Waals surface area (Å²) in [4.78, 5) is 24.0. The summed E-state index contributed by atoms with van der Waals surface area (Å²) >= 11 is 0. The molecule has 3 aliphatic rings. The summed E-state index contributed by atoms with van der Waals surface area (Å²) in [6.07, 6.45) is 2.23. The van der Waals surface area contributed by atoms with Crippen LogP contribution in [0.5, 0.6) is 0 Å². The van der Waals surface area contributed by atoms with Crippen LogP contribution in [0.25, 0.3) is 0 Å². The zero-order chi connectivity index (χ0) is 22.9. The molecule has 3 rings (SSSR count). The van der Waals surface area contributed by atoms with Crippen molar-refractivity contribution >= 4 is 11.9 Å². The molecule has 7 atom stereocenters. The van der Waals surface area contributed by atoms with Gasteiger partial charge < -0.3 is 15.2 Å². The van der Waals surface area contributed by atoms with Crippen LogP contribution in [0.2, 0.25) is 0 Å². The number of carboxylic acids is 1. The zero-order valence-electron chi connectivity index (χ0n) is 19.8. The molecule has 6 heteroatoms. The van der Waals surface area contributed by atoms with E-state index < -0.39 is 18.1 Å². The molecule has 0 aromatic heterocycles. The third-order valence-corrected chi connectivity index (χ3v) is 7.30. The summed E-state index contributed by atoms with van der Waals surface area (Å²) in [5.41, 5.74) is -0.0455. The van der Waals surface area contributed by atoms with E-state index >= 15 is 0 Å². The smallest absolute Gasteiger partial charge is 0.309 e. The van der Waals surface area contributed by atoms with Crippen LogP contribution in [0, 0.1) is 29.1 Å². The van der Waals surface area contributed by atoms with E-state index in [2.05, 4.69) is 39.9 Å². The van der Waals surface area contributed by atoms with Crippen LogP contribution in [0.3, 0.4) is 0 Å². The minimum Gasteiger partial charge on any atom is -0.481 e. The number of nitrogens with one attached hydrogen (secondary N) is 1. The summed E-state index contributed by atoms with van der Waals surface area (Å²) in [5, 5.41) is 12.1. The Morgan fingerprint density at radius 3 is 2.27 bits per heavy atom. The van der Waals surface area contributed by atoms with Gasteiger partial charge in [0.25, 0.3) is 0 Å². The molecule has 2 N–H and O–H groups in total. The summed E-state index contributed by atoms with van der Waals surface area (Å²) in [7, 11) is 0. The van der Waals surface area contributed by atoms with Crippen molar-refractivity contribution in [2.75, 3.05) is 0 Å². The lowest BCUT2D eigenvalue weighted by Crippen LogP contribution is -2.56. The molecule has 1 heterocycles. The second kappa shape index (κ2) is 9.54. The van der Waals surface area contributed by atoms with Gasteiger partial charge in [-0.1, -0.05) is 34.6 Å². The number of rotatable bonds is 3. The highest BCUT2D eigenvalue weighted by molar-refractivity contribution is 5.79. The van der Waals surface area contributed by atoms with Crippen molar-refractivity contribution in [3.63, 3.8) is 0 Å². The molecule has 0 aromatic rings. The first-order chi connectivity index (χ1) is 13.9. The van der Waals surface area contributed by atoms with E-state index in [1.165, 1.54) is 0 Å². The highest BCUT2D eigenvalue weighted by atomic mass is 19.1. The maximum atomic E-state index is 14.2. The van der Waals surface area contributed by atoms with E-state index in [9.17, 15) is 14.0 Å². The topological polar surface area (TPSA) is 75.6 Å². The van der Waals surface area contributed by atoms with Crippen LogP contribution in [-0.2, 0) is 14.3 Å². The number of ether oxygens (including phenoxy) is 1. The van der Waals surface area contributed by atoms with E-state index in [4.69, 9.17) is 9.84 Å². The summed E-state index contributed by atoms with van der Waals surface area (Å²) in [6, 6.07) is -0.263. The van der Waals surface area contributed by atoms with Gasteiger partial charge in [0.1, 0.15) is 6.17 Å². The third kappa shape index (κ3) is 5.54. The number of carboxylic acid groups (broad SMARTS) is 1. The van der Waals surface area contributed by atoms with Crippen LogP contribution < -0.4 is 5.32 Å². The fourth-order valence-electron chi connectivity index (χ4n) is 6.17. The van der Waals surface area contributed by atoms with Crippen LogP contribution in [0.4, 0.5) is 4.39 Å². The number of hydrogen-bond donors (Lipinski definition) is 2. The Labute approximate surface area is 181 Å². The van der Waals surface area contributed by atoms with Gasteiger partial charge >= 0.3 is 5.97 Å². The quantitative estimate of drug-likeness (QED) is 0.666. The molecule has 0 aromatic carbocycles. The number of aliphatic carboxylic acids is 1. The van der Waals surface area contributed by atoms with Crippen molar-refractivity contribution in [3.05, 3.63) is 0 Å². The highest BCUT2D eigenvalue weighted by Crippen LogP contribution is 2.53. The SMILES string of the molecule is CC.CC1CC(C(=O)NC2CCC(C(=O)O)C(F)C2)CC2C1OC(C)(C)CC2(C)C. The Kier molecular flexibility index (Phi) is 7.98. The van der Waals surface area contributed by atoms with Crippen LogP contribution in [0.1, 0.15) is 87.0 Å². The first kappa shape index (κ1) is 25.1. The Balaban J connectivity index is 0.00000155. The average molecular weight is 428 g/mol. The lowest BCUT2D eigenvalue weighted by Gasteiger charge is -2.56. The number of hydrogen-bond acceptors (Lipinski definition) is 3. The highest BCUT2D eigenvalue weighted by Gasteiger charge is 2.52. The van der Waals surface area contributed by atoms with Crippen molar-refractivity contribution in [1.29, 1.82) is 0 Å². The fraction of sp³-hybridized carbons (Fsp3) is 0.917. The van der Waals surface area contributed by atoms with Gasteiger partial charge in [-0.3, -0.25) is 9.59 Å². The minimum atomic E-state index is -1.39. The summed E-state index contributed by atoms with van der Waals surface area (Å²) in [5.74, 6) is -1.48. The maximum absolute atomic E-state index is 14.2. The molecule has 174 valence electrons. The molecule has 30 heavy (non-hydrogen) atoms. The second-order valence-corrected chi connectivity index (χ2v) is 10.7. The minimum absolute atomic E-state index is 0.00286. The van der Waals surface area contributed by atoms with Gasteiger partial charge in [-0.05, 0) is 69.6 Å². The van der Waals surface area contributed by atoms with Gasteiger partial charge in [-0.2, -0.15) is 0 Å². The van der Waals surface area contributed by atoms with Gasteiger partial charge in [-0.25, -0.2) is 4.39 Å². The van der Waals surface area contributed by atoms with E-state index in [1.807, 2.05) is 13.8 Å². The van der Waals surface area contributed by atoms with Crippen LogP contribution >= 0.6 is 0 Å². The van der Waals surface area contributed by atoms with Gasteiger partial charge in [0, 0.05) is 12.0 Å². The molecular weight excluding hydrogens is 385 g/mol. The van der Waals surface area contributed by atoms with E-state index in [1.54, 1.807) is 0 Å². The van der Waals surface area contributed by atoms with Crippen LogP contribution in [0.15, 0.2) is 0 Å². The summed E-state index contributed by atoms with van der Waals surface area (Å²) in [6.45, 7) is 15.0. The lowest BCUT2D eigenvalue weighted by atomic mass is 9.59. The normalized spacial score (nSPS) is 39.7. The lowest BCUT2D eigenvalue weighted by molar-refractivity contribution is -0.214. The first-order valence-electron chi connectivity index (χ1n) is 11.7. The van der Waals surface area contributed by atoms with Crippen LogP contribution in [-0.4, -0.2) is 40.9 Å². The number of fused-ring (bicyclic) bond motifs is 1. The molecule has 0 bridgehead atoms. The monoisotopic (exact) mass is 427 g/mol. The molecule has 2 saturated carbocycles. The number of halogens is 1. The number of amides is 1. The van der Waals surface area contributed by atoms with Gasteiger partial charge in [-0.15, -0.1) is 0 Å². The fourth-order valence-corrected chi connectivity index (χ4v) is 6.17. The Morgan fingerprint density at radius 1 is 1.07 bits per heavy atom. The van der Waals surface area contributed by atoms with Gasteiger partial charge in [0.15, 0.2) is 0 Å². The second-order valence-electron chi connectivity index (χ2n) is 10.7. The molecule has 5 nitrogen and oxygen atoms in total. The molecule has 1 amide bonds. The largest absolute Gasteiger partial charge is 0.481 e. The van der Waals surface area contributed by atoms with E-state index in [0.29, 0.717) is 18.3 Å².